The number of hydrogen-bond donors (Lipinski definition) is 2. The van der Waals surface area contributed by atoms with Crippen LogP contribution in [0.5, 0.6) is 0 Å². The number of carbonyl (C=O) groups is 1. The van der Waals surface area contributed by atoms with Gasteiger partial charge in [0.2, 0.25) is 5.91 Å². The van der Waals surface area contributed by atoms with E-state index in [1.165, 1.54) is 43.5 Å². The number of rotatable bonds is 10. The molecule has 2 atom stereocenters. The standard InChI is InChI=1S/C29H42N4O/c1-30-22-26-17-21-33(29(34)28(31-26)16-11-20-32-18-9-4-10-19-32)23-27(24-12-5-2-6-13-24)25-14-7-3-8-15-25/h2-3,5-8,12-15,26-28,30-31H,4,9-11,16-23H2,1H3/t26-,28-/m0/s1. The normalized spacial score (nSPS) is 22.2. The number of benzene rings is 2. The molecule has 2 aromatic rings. The third-order valence-corrected chi connectivity index (χ3v) is 7.47. The minimum atomic E-state index is -0.0992. The Morgan fingerprint density at radius 3 is 2.21 bits per heavy atom. The van der Waals surface area contributed by atoms with Gasteiger partial charge >= 0.3 is 0 Å². The minimum Gasteiger partial charge on any atom is -0.340 e. The second-order valence-corrected chi connectivity index (χ2v) is 9.97. The van der Waals surface area contributed by atoms with Crippen molar-refractivity contribution in [1.29, 1.82) is 0 Å². The first-order valence-electron chi connectivity index (χ1n) is 13.3. The van der Waals surface area contributed by atoms with Crippen LogP contribution in [0.2, 0.25) is 0 Å². The van der Waals surface area contributed by atoms with Gasteiger partial charge in [0.25, 0.3) is 0 Å². The van der Waals surface area contributed by atoms with E-state index in [2.05, 4.69) is 81.1 Å². The van der Waals surface area contributed by atoms with E-state index in [1.54, 1.807) is 0 Å². The summed E-state index contributed by atoms with van der Waals surface area (Å²) >= 11 is 0. The summed E-state index contributed by atoms with van der Waals surface area (Å²) in [6, 6.07) is 21.5. The van der Waals surface area contributed by atoms with Crippen molar-refractivity contribution in [2.45, 2.75) is 56.5 Å². The molecule has 2 fully saturated rings. The van der Waals surface area contributed by atoms with Crippen LogP contribution in [0.15, 0.2) is 60.7 Å². The van der Waals surface area contributed by atoms with Gasteiger partial charge in [-0.25, -0.2) is 0 Å². The maximum atomic E-state index is 13.8. The largest absolute Gasteiger partial charge is 0.340 e. The molecule has 0 radical (unpaired) electrons. The Morgan fingerprint density at radius 2 is 1.59 bits per heavy atom. The zero-order valence-corrected chi connectivity index (χ0v) is 20.8. The highest BCUT2D eigenvalue weighted by atomic mass is 16.2. The number of likely N-dealkylation sites (tertiary alicyclic amines) is 1. The number of likely N-dealkylation sites (N-methyl/N-ethyl adjacent to an activating group) is 1. The van der Waals surface area contributed by atoms with E-state index in [0.717, 1.165) is 45.4 Å². The Hall–Kier alpha value is -2.21. The van der Waals surface area contributed by atoms with Crippen molar-refractivity contribution in [1.82, 2.24) is 20.4 Å². The Kier molecular flexibility index (Phi) is 9.54. The van der Waals surface area contributed by atoms with Crippen LogP contribution < -0.4 is 10.6 Å². The molecule has 0 bridgehead atoms. The summed E-state index contributed by atoms with van der Waals surface area (Å²) in [7, 11) is 2.00. The molecule has 5 nitrogen and oxygen atoms in total. The Morgan fingerprint density at radius 1 is 0.941 bits per heavy atom. The van der Waals surface area contributed by atoms with Crippen molar-refractivity contribution in [2.24, 2.45) is 0 Å². The van der Waals surface area contributed by atoms with Gasteiger partial charge in [-0.1, -0.05) is 67.1 Å². The fraction of sp³-hybridized carbons (Fsp3) is 0.552. The predicted octanol–water partition coefficient (Wildman–Crippen LogP) is 3.86. The number of nitrogens with one attached hydrogen (secondary N) is 2. The highest BCUT2D eigenvalue weighted by molar-refractivity contribution is 5.82. The van der Waals surface area contributed by atoms with Crippen LogP contribution >= 0.6 is 0 Å². The molecule has 2 aliphatic heterocycles. The minimum absolute atomic E-state index is 0.0992. The van der Waals surface area contributed by atoms with E-state index in [0.29, 0.717) is 6.04 Å². The first-order valence-corrected chi connectivity index (χ1v) is 13.3. The quantitative estimate of drug-likeness (QED) is 0.563. The maximum Gasteiger partial charge on any atom is 0.239 e. The van der Waals surface area contributed by atoms with Gasteiger partial charge < -0.3 is 20.4 Å². The summed E-state index contributed by atoms with van der Waals surface area (Å²) in [4.78, 5) is 18.5. The van der Waals surface area contributed by atoms with Crippen molar-refractivity contribution in [3.63, 3.8) is 0 Å². The number of amides is 1. The van der Waals surface area contributed by atoms with Crippen LogP contribution in [0.25, 0.3) is 0 Å². The van der Waals surface area contributed by atoms with Gasteiger partial charge in [-0.3, -0.25) is 4.79 Å². The van der Waals surface area contributed by atoms with Gasteiger partial charge in [-0.2, -0.15) is 0 Å². The first-order chi connectivity index (χ1) is 16.7. The average molecular weight is 463 g/mol. The molecule has 0 saturated carbocycles. The number of nitrogens with zero attached hydrogens (tertiary/aromatic N) is 2. The zero-order chi connectivity index (χ0) is 23.6. The van der Waals surface area contributed by atoms with Crippen LogP contribution in [0.4, 0.5) is 0 Å². The fourth-order valence-electron chi connectivity index (χ4n) is 5.57. The van der Waals surface area contributed by atoms with Crippen molar-refractivity contribution in [2.75, 3.05) is 46.3 Å². The lowest BCUT2D eigenvalue weighted by Gasteiger charge is -2.30. The SMILES string of the molecule is CNC[C@@H]1CCN(CC(c2ccccc2)c2ccccc2)C(=O)[C@H](CCCN2CCCCC2)N1. The van der Waals surface area contributed by atoms with Crippen LogP contribution in [0, 0.1) is 0 Å². The summed E-state index contributed by atoms with van der Waals surface area (Å²) in [5.74, 6) is 0.454. The van der Waals surface area contributed by atoms with Gasteiger partial charge in [-0.15, -0.1) is 0 Å². The number of piperidine rings is 1. The smallest absolute Gasteiger partial charge is 0.239 e. The summed E-state index contributed by atoms with van der Waals surface area (Å²) in [6.45, 7) is 5.97. The van der Waals surface area contributed by atoms with E-state index >= 15 is 0 Å². The first kappa shape index (κ1) is 24.9. The summed E-state index contributed by atoms with van der Waals surface area (Å²) < 4.78 is 0. The van der Waals surface area contributed by atoms with Crippen LogP contribution in [0.3, 0.4) is 0 Å². The Balaban J connectivity index is 1.47. The molecule has 2 aromatic carbocycles. The Labute approximate surface area is 205 Å². The van der Waals surface area contributed by atoms with Crippen molar-refractivity contribution < 1.29 is 4.79 Å². The van der Waals surface area contributed by atoms with E-state index in [1.807, 2.05) is 7.05 Å². The zero-order valence-electron chi connectivity index (χ0n) is 20.8. The van der Waals surface area contributed by atoms with Gasteiger partial charge in [-0.05, 0) is 69.9 Å². The van der Waals surface area contributed by atoms with E-state index in [9.17, 15) is 4.79 Å². The molecule has 2 heterocycles. The van der Waals surface area contributed by atoms with E-state index in [-0.39, 0.29) is 17.9 Å². The lowest BCUT2D eigenvalue weighted by Crippen LogP contribution is -2.48. The van der Waals surface area contributed by atoms with Crippen molar-refractivity contribution in [3.05, 3.63) is 71.8 Å². The topological polar surface area (TPSA) is 47.6 Å². The maximum absolute atomic E-state index is 13.8. The molecule has 34 heavy (non-hydrogen) atoms. The van der Waals surface area contributed by atoms with Crippen molar-refractivity contribution >= 4 is 5.91 Å². The number of carbonyl (C=O) groups excluding carboxylic acids is 1. The Bertz CT molecular complexity index is 813. The van der Waals surface area contributed by atoms with E-state index < -0.39 is 0 Å². The molecule has 0 aliphatic carbocycles. The highest BCUT2D eigenvalue weighted by Gasteiger charge is 2.32. The summed E-state index contributed by atoms with van der Waals surface area (Å²) in [5, 5.41) is 7.03. The molecular weight excluding hydrogens is 420 g/mol. The third-order valence-electron chi connectivity index (χ3n) is 7.47. The lowest BCUT2D eigenvalue weighted by molar-refractivity contribution is -0.133. The number of hydrogen-bond acceptors (Lipinski definition) is 4. The molecule has 0 unspecified atom stereocenters. The van der Waals surface area contributed by atoms with Crippen LogP contribution in [-0.2, 0) is 4.79 Å². The molecule has 1 amide bonds. The van der Waals surface area contributed by atoms with Gasteiger partial charge in [0.15, 0.2) is 0 Å². The molecule has 184 valence electrons. The van der Waals surface area contributed by atoms with Crippen molar-refractivity contribution in [3.8, 4) is 0 Å². The van der Waals surface area contributed by atoms with Crippen LogP contribution in [-0.4, -0.2) is 74.1 Å². The molecule has 0 aromatic heterocycles. The van der Waals surface area contributed by atoms with Crippen LogP contribution in [0.1, 0.15) is 55.6 Å². The molecular formula is C29H42N4O. The molecule has 5 heteroatoms. The summed E-state index contributed by atoms with van der Waals surface area (Å²) in [5.41, 5.74) is 2.54. The van der Waals surface area contributed by atoms with Gasteiger partial charge in [0, 0.05) is 31.6 Å². The van der Waals surface area contributed by atoms with E-state index in [4.69, 9.17) is 0 Å². The fourth-order valence-corrected chi connectivity index (χ4v) is 5.57. The van der Waals surface area contributed by atoms with Gasteiger partial charge in [0.1, 0.15) is 0 Å². The van der Waals surface area contributed by atoms with Gasteiger partial charge in [0.05, 0.1) is 6.04 Å². The lowest BCUT2D eigenvalue weighted by atomic mass is 9.90. The highest BCUT2D eigenvalue weighted by Crippen LogP contribution is 2.27. The molecule has 2 N–H and O–H groups in total. The molecule has 2 saturated heterocycles. The molecule has 4 rings (SSSR count). The monoisotopic (exact) mass is 462 g/mol. The molecule has 0 spiro atoms. The predicted molar refractivity (Wildman–Crippen MR) is 140 cm³/mol. The second-order valence-electron chi connectivity index (χ2n) is 9.97. The average Bonchev–Trinajstić information content (AvgIpc) is 3.03. The second kappa shape index (κ2) is 13.0. The summed E-state index contributed by atoms with van der Waals surface area (Å²) in [6.07, 6.45) is 6.96. The third kappa shape index (κ3) is 6.91. The molecule has 2 aliphatic rings.